The molecule has 0 aromatic rings. The molecule has 0 rings (SSSR count). The van der Waals surface area contributed by atoms with Gasteiger partial charge in [0.2, 0.25) is 0 Å². The Morgan fingerprint density at radius 1 is 0.500 bits per heavy atom. The van der Waals surface area contributed by atoms with E-state index in [9.17, 15) is 0 Å². The Hall–Kier alpha value is 0.792. The van der Waals surface area contributed by atoms with E-state index in [2.05, 4.69) is 0 Å². The van der Waals surface area contributed by atoms with Crippen molar-refractivity contribution in [1.29, 1.82) is 0 Å². The molecule has 0 aliphatic rings. The molecule has 0 aromatic carbocycles. The summed E-state index contributed by atoms with van der Waals surface area (Å²) in [7, 11) is 0. The molecule has 50 valence electrons. The Balaban J connectivity index is 0. The van der Waals surface area contributed by atoms with E-state index in [1.807, 2.05) is 0 Å². The van der Waals surface area contributed by atoms with Gasteiger partial charge in [-0.3, -0.25) is 0 Å². The van der Waals surface area contributed by atoms with Crippen molar-refractivity contribution in [3.05, 3.63) is 24.6 Å². The van der Waals surface area contributed by atoms with Gasteiger partial charge in [0, 0.05) is 20.4 Å². The Bertz CT molecular complexity index is 7.51. The van der Waals surface area contributed by atoms with Crippen molar-refractivity contribution >= 4 is 0 Å². The minimum Gasteiger partial charge on any atom is -1.00 e. The molecule has 0 amide bonds. The summed E-state index contributed by atoms with van der Waals surface area (Å²) in [6.07, 6.45) is 0. The van der Waals surface area contributed by atoms with Gasteiger partial charge in [-0.05, 0) is 0 Å². The summed E-state index contributed by atoms with van der Waals surface area (Å²) >= 11 is 0. The van der Waals surface area contributed by atoms with Crippen molar-refractivity contribution in [2.24, 2.45) is 0 Å². The first kappa shape index (κ1) is 363. The smallest absolute Gasteiger partial charge is 0 e. The predicted molar refractivity (Wildman–Crippen MR) is 21.1 cm³/mol. The second-order valence-electron chi connectivity index (χ2n) is 0. The number of rotatable bonds is 0. The van der Waals surface area contributed by atoms with Crippen LogP contribution in [0.25, 0.3) is 24.6 Å². The first-order valence-electron chi connectivity index (χ1n) is 0. The summed E-state index contributed by atoms with van der Waals surface area (Å²) in [5.41, 5.74) is 0. The zero-order chi connectivity index (χ0) is 0. The monoisotopic (exact) mass is 205 g/mol. The van der Waals surface area contributed by atoms with Gasteiger partial charge in [0.15, 0.2) is 0 Å². The maximum Gasteiger partial charge on any atom is 0 e. The first-order valence-corrected chi connectivity index (χ1v) is 0. The van der Waals surface area contributed by atoms with Crippen molar-refractivity contribution in [3.8, 4) is 0 Å². The van der Waals surface area contributed by atoms with Gasteiger partial charge in [-0.25, -0.2) is 0 Å². The fourth-order valence-corrected chi connectivity index (χ4v) is 0. The third-order valence-electron chi connectivity index (χ3n) is 0. The molecule has 0 aromatic heterocycles. The number of nitrogens with two attached hydrogens (primary N) is 4. The van der Waals surface area contributed by atoms with Crippen LogP contribution in [0, 0.1) is 0 Å². The maximum absolute atomic E-state index is 0. The molecular weight excluding hydrogens is 198 g/mol. The van der Waals surface area contributed by atoms with Crippen LogP contribution in [-0.4, -0.2) is 0 Å². The average Bonchev–Trinajstić information content (AvgIpc) is 0. The van der Waals surface area contributed by atoms with E-state index < -0.39 is 0 Å². The van der Waals surface area contributed by atoms with E-state index in [1.54, 1.807) is 0 Å². The van der Waals surface area contributed by atoms with Gasteiger partial charge < -0.3 is 37.0 Å². The topological polar surface area (TPSA) is 134 Å². The van der Waals surface area contributed by atoms with Crippen molar-refractivity contribution in [1.82, 2.24) is 0 Å². The molecule has 0 aliphatic heterocycles. The van der Waals surface area contributed by atoms with Gasteiger partial charge in [-0.2, -0.15) is 0 Å². The van der Waals surface area contributed by atoms with Crippen LogP contribution in [0.1, 0.15) is 0 Å². The minimum absolute atomic E-state index is 0. The molecule has 0 aliphatic carbocycles. The van der Waals surface area contributed by atoms with Gasteiger partial charge in [-0.1, -0.05) is 0 Å². The van der Waals surface area contributed by atoms with Gasteiger partial charge >= 0.3 is 0 Å². The van der Waals surface area contributed by atoms with Crippen LogP contribution in [-0.2, 0) is 20.4 Å². The molecule has 0 heterocycles. The van der Waals surface area contributed by atoms with Crippen LogP contribution in [0.4, 0.5) is 0 Å². The third-order valence-corrected chi connectivity index (χ3v) is 0. The summed E-state index contributed by atoms with van der Waals surface area (Å²) in [6.45, 7) is 0. The fraction of sp³-hybridized carbons (Fsp3) is 0. The van der Waals surface area contributed by atoms with Crippen molar-refractivity contribution in [2.45, 2.75) is 0 Å². The normalized spacial score (nSPS) is 0. The molecule has 0 atom stereocenters. The van der Waals surface area contributed by atoms with Gasteiger partial charge in [0.1, 0.15) is 0 Å². The van der Waals surface area contributed by atoms with Crippen molar-refractivity contribution < 1.29 is 32.8 Å². The van der Waals surface area contributed by atoms with Crippen LogP contribution in [0.5, 0.6) is 0 Å². The molecule has 6 heteroatoms. The number of halogens is 1. The molecule has 6 heavy (non-hydrogen) atoms. The zero-order valence-electron chi connectivity index (χ0n) is 3.00. The average molecular weight is 206 g/mol. The van der Waals surface area contributed by atoms with E-state index in [0.717, 1.165) is 0 Å². The van der Waals surface area contributed by atoms with Gasteiger partial charge in [0.25, 0.3) is 0 Å². The van der Waals surface area contributed by atoms with E-state index in [1.165, 1.54) is 0 Å². The second-order valence-corrected chi connectivity index (χ2v) is 0. The van der Waals surface area contributed by atoms with Crippen LogP contribution in [0.15, 0.2) is 0 Å². The van der Waals surface area contributed by atoms with Crippen LogP contribution < -0.4 is 12.4 Å². The molecular formula is H8ClN4Pd-5. The van der Waals surface area contributed by atoms with E-state index >= 15 is 0 Å². The zero-order valence-corrected chi connectivity index (χ0v) is 5.31. The predicted octanol–water partition coefficient (Wildman–Crippen LogP) is -0.130. The summed E-state index contributed by atoms with van der Waals surface area (Å²) in [6, 6.07) is 0. The van der Waals surface area contributed by atoms with Crippen LogP contribution >= 0.6 is 0 Å². The molecule has 0 spiro atoms. The SMILES string of the molecule is [Cl-].[NH2-].[NH2-].[NH2-].[NH2-].[Pd]. The molecule has 0 bridgehead atoms. The molecule has 0 saturated carbocycles. The van der Waals surface area contributed by atoms with E-state index in [0.29, 0.717) is 0 Å². The third kappa shape index (κ3) is 110. The Morgan fingerprint density at radius 2 is 0.500 bits per heavy atom. The molecule has 0 fully saturated rings. The first-order chi connectivity index (χ1) is 0. The number of hydrogen-bond donors (Lipinski definition) is 0. The Morgan fingerprint density at radius 3 is 0.500 bits per heavy atom. The molecule has 0 radical (unpaired) electrons. The summed E-state index contributed by atoms with van der Waals surface area (Å²) in [5, 5.41) is 0. The van der Waals surface area contributed by atoms with E-state index in [4.69, 9.17) is 0 Å². The quantitative estimate of drug-likeness (QED) is 0.488. The Labute approximate surface area is 57.8 Å². The summed E-state index contributed by atoms with van der Waals surface area (Å²) in [4.78, 5) is 0. The van der Waals surface area contributed by atoms with Crippen LogP contribution in [0.2, 0.25) is 0 Å². The Kier molecular flexibility index (Phi) is 12800. The van der Waals surface area contributed by atoms with Crippen LogP contribution in [0.3, 0.4) is 0 Å². The second kappa shape index (κ2) is 212. The van der Waals surface area contributed by atoms with E-state index in [-0.39, 0.29) is 57.4 Å². The largest absolute Gasteiger partial charge is 1.00 e. The van der Waals surface area contributed by atoms with Gasteiger partial charge in [0.05, 0.1) is 0 Å². The number of hydrogen-bond acceptors (Lipinski definition) is 0. The van der Waals surface area contributed by atoms with Crippen molar-refractivity contribution in [3.63, 3.8) is 0 Å². The molecule has 8 N–H and O–H groups in total. The molecule has 0 saturated heterocycles. The fourth-order valence-electron chi connectivity index (χ4n) is 0. The van der Waals surface area contributed by atoms with Crippen molar-refractivity contribution in [2.75, 3.05) is 0 Å². The van der Waals surface area contributed by atoms with Gasteiger partial charge in [-0.15, -0.1) is 0 Å². The standard InChI is InChI=1S/ClH.4H2N.Pd/h1H;4*1H2;/q;4*-1;/p-1. The maximum atomic E-state index is 0. The summed E-state index contributed by atoms with van der Waals surface area (Å²) < 4.78 is 0. The molecule has 0 unspecified atom stereocenters. The minimum atomic E-state index is 0. The molecule has 4 nitrogen and oxygen atoms in total. The summed E-state index contributed by atoms with van der Waals surface area (Å²) in [5.74, 6) is 0.